The molecule has 1 radical (unpaired) electrons. The number of esters is 2. The van der Waals surface area contributed by atoms with Gasteiger partial charge in [0, 0.05) is 35.7 Å². The molecule has 0 aromatic carbocycles. The molecule has 0 aromatic heterocycles. The van der Waals surface area contributed by atoms with Crippen molar-refractivity contribution in [1.82, 2.24) is 0 Å². The molecule has 10 heteroatoms. The maximum absolute atomic E-state index is 12.0. The predicted octanol–water partition coefficient (Wildman–Crippen LogP) is 4.45. The number of carbonyl (C=O) groups is 2. The zero-order valence-corrected chi connectivity index (χ0v) is 24.3. The summed E-state index contributed by atoms with van der Waals surface area (Å²) >= 11 is 0. The van der Waals surface area contributed by atoms with E-state index in [9.17, 15) is 22.6 Å². The quantitative estimate of drug-likeness (QED) is 0.121. The molecule has 0 bridgehead atoms. The van der Waals surface area contributed by atoms with Crippen LogP contribution in [-0.4, -0.2) is 84.1 Å². The van der Waals surface area contributed by atoms with E-state index in [1.54, 1.807) is 13.8 Å². The van der Waals surface area contributed by atoms with Crippen LogP contribution in [0.25, 0.3) is 0 Å². The summed E-state index contributed by atoms with van der Waals surface area (Å²) in [5.74, 6) is -1.93. The number of ether oxygens (including phenoxy) is 2. The Morgan fingerprint density at radius 1 is 0.758 bits per heavy atom. The molecule has 0 amide bonds. The third-order valence-corrected chi connectivity index (χ3v) is 5.56. The molecular weight excluding hydrogens is 459 g/mol. The molecule has 0 aliphatic carbocycles. The Morgan fingerprint density at radius 2 is 1.12 bits per heavy atom. The van der Waals surface area contributed by atoms with Gasteiger partial charge in [0.1, 0.15) is 0 Å². The summed E-state index contributed by atoms with van der Waals surface area (Å²) in [6.45, 7) is 7.95. The van der Waals surface area contributed by atoms with E-state index in [1.807, 2.05) is 0 Å². The number of aliphatic hydroxyl groups excluding tert-OH is 1. The Kier molecular flexibility index (Phi) is 28.2. The second kappa shape index (κ2) is 24.9. The summed E-state index contributed by atoms with van der Waals surface area (Å²) in [5, 5.41) is 6.13. The molecule has 0 fully saturated rings. The van der Waals surface area contributed by atoms with Gasteiger partial charge >= 0.3 is 11.9 Å². The van der Waals surface area contributed by atoms with Gasteiger partial charge in [0.15, 0.2) is 5.25 Å². The van der Waals surface area contributed by atoms with Crippen LogP contribution in [0.5, 0.6) is 0 Å². The number of hydrogen-bond acceptors (Lipinski definition) is 7. The van der Waals surface area contributed by atoms with Gasteiger partial charge in [0.05, 0.1) is 19.6 Å². The van der Waals surface area contributed by atoms with Gasteiger partial charge < -0.3 is 14.6 Å². The van der Waals surface area contributed by atoms with Crippen molar-refractivity contribution in [3.63, 3.8) is 0 Å². The molecule has 33 heavy (non-hydrogen) atoms. The van der Waals surface area contributed by atoms with Gasteiger partial charge in [0.25, 0.3) is 10.1 Å². The predicted molar refractivity (Wildman–Crippen MR) is 132 cm³/mol. The molecule has 2 N–H and O–H groups in total. The van der Waals surface area contributed by atoms with Crippen LogP contribution in [0.2, 0.25) is 0 Å². The minimum Gasteiger partial charge on any atom is -0.466 e. The Bertz CT molecular complexity index is 564. The standard InChI is InChI=1S/C20H38O7S.C3H8O.Na/c1-3-5-7-9-11-13-15-26-19(21)17-18(28(23,24)25)20(22)27-16-14-12-10-8-6-4-2;1-3(2)4;/h18H,3-17H2,1-2H3,(H,23,24,25);3-4H,1-2H3;. The van der Waals surface area contributed by atoms with Crippen LogP contribution in [-0.2, 0) is 29.2 Å². The van der Waals surface area contributed by atoms with Crippen molar-refractivity contribution in [1.29, 1.82) is 0 Å². The summed E-state index contributed by atoms with van der Waals surface area (Å²) in [6, 6.07) is 0. The first kappa shape index (κ1) is 37.4. The average Bonchev–Trinajstić information content (AvgIpc) is 2.69. The number of aliphatic hydroxyl groups is 1. The minimum atomic E-state index is -4.73. The van der Waals surface area contributed by atoms with Crippen molar-refractivity contribution < 1.29 is 37.1 Å². The van der Waals surface area contributed by atoms with Gasteiger partial charge in [0.2, 0.25) is 0 Å². The zero-order chi connectivity index (χ0) is 24.8. The molecule has 0 saturated heterocycles. The van der Waals surface area contributed by atoms with Crippen molar-refractivity contribution in [2.24, 2.45) is 0 Å². The number of unbranched alkanes of at least 4 members (excludes halogenated alkanes) is 10. The van der Waals surface area contributed by atoms with E-state index in [-0.39, 0.29) is 48.9 Å². The van der Waals surface area contributed by atoms with E-state index >= 15 is 0 Å². The first-order valence-electron chi connectivity index (χ1n) is 12.0. The van der Waals surface area contributed by atoms with E-state index in [0.717, 1.165) is 57.8 Å². The fraction of sp³-hybridized carbons (Fsp3) is 0.913. The molecule has 0 rings (SSSR count). The van der Waals surface area contributed by atoms with Gasteiger partial charge in [-0.15, -0.1) is 0 Å². The van der Waals surface area contributed by atoms with Crippen LogP contribution < -0.4 is 0 Å². The molecule has 193 valence electrons. The van der Waals surface area contributed by atoms with Gasteiger partial charge in [-0.3, -0.25) is 14.1 Å². The van der Waals surface area contributed by atoms with Crippen molar-refractivity contribution in [2.75, 3.05) is 13.2 Å². The Labute approximate surface area is 223 Å². The first-order chi connectivity index (χ1) is 15.1. The minimum absolute atomic E-state index is 0. The molecule has 1 atom stereocenters. The zero-order valence-electron chi connectivity index (χ0n) is 21.5. The topological polar surface area (TPSA) is 127 Å². The third-order valence-electron chi connectivity index (χ3n) is 4.48. The summed E-state index contributed by atoms with van der Waals surface area (Å²) < 4.78 is 42.0. The molecule has 0 spiro atoms. The van der Waals surface area contributed by atoms with Gasteiger partial charge in [-0.1, -0.05) is 78.1 Å². The molecule has 0 aliphatic rings. The van der Waals surface area contributed by atoms with Crippen molar-refractivity contribution in [2.45, 2.75) is 123 Å². The molecule has 0 aromatic rings. The van der Waals surface area contributed by atoms with E-state index in [0.29, 0.717) is 12.8 Å². The molecule has 0 heterocycles. The maximum atomic E-state index is 12.0. The number of carbonyl (C=O) groups excluding carboxylic acids is 2. The van der Waals surface area contributed by atoms with Crippen LogP contribution >= 0.6 is 0 Å². The van der Waals surface area contributed by atoms with Gasteiger partial charge in [-0.25, -0.2) is 0 Å². The van der Waals surface area contributed by atoms with Crippen LogP contribution in [0.1, 0.15) is 111 Å². The fourth-order valence-corrected chi connectivity index (χ4v) is 3.39. The summed E-state index contributed by atoms with van der Waals surface area (Å²) in [6.07, 6.45) is 11.2. The summed E-state index contributed by atoms with van der Waals surface area (Å²) in [5.41, 5.74) is 0. The number of hydrogen-bond donors (Lipinski definition) is 2. The van der Waals surface area contributed by atoms with E-state index in [4.69, 9.17) is 14.6 Å². The van der Waals surface area contributed by atoms with E-state index in [2.05, 4.69) is 13.8 Å². The fourth-order valence-electron chi connectivity index (χ4n) is 2.74. The second-order valence-corrected chi connectivity index (χ2v) is 9.82. The molecule has 0 aliphatic heterocycles. The van der Waals surface area contributed by atoms with Crippen molar-refractivity contribution in [3.05, 3.63) is 0 Å². The van der Waals surface area contributed by atoms with E-state index in [1.165, 1.54) is 6.42 Å². The van der Waals surface area contributed by atoms with Crippen molar-refractivity contribution >= 4 is 51.6 Å². The third kappa shape index (κ3) is 27.9. The van der Waals surface area contributed by atoms with Crippen molar-refractivity contribution in [3.8, 4) is 0 Å². The van der Waals surface area contributed by atoms with Crippen LogP contribution in [0.3, 0.4) is 0 Å². The second-order valence-electron chi connectivity index (χ2n) is 8.22. The summed E-state index contributed by atoms with van der Waals surface area (Å²) in [4.78, 5) is 23.8. The summed E-state index contributed by atoms with van der Waals surface area (Å²) in [7, 11) is -4.73. The molecule has 1 unspecified atom stereocenters. The first-order valence-corrected chi connectivity index (χ1v) is 13.5. The smallest absolute Gasteiger partial charge is 0.327 e. The molecule has 8 nitrogen and oxygen atoms in total. The van der Waals surface area contributed by atoms with Gasteiger partial charge in [-0.2, -0.15) is 8.42 Å². The Hall–Kier alpha value is -0.190. The SMILES string of the molecule is CC(C)O.CCCCCCCCOC(=O)CC(C(=O)OCCCCCCCC)S(=O)(=O)O.[Na]. The van der Waals surface area contributed by atoms with Gasteiger partial charge in [-0.05, 0) is 26.7 Å². The van der Waals surface area contributed by atoms with Crippen LogP contribution in [0.15, 0.2) is 0 Å². The maximum Gasteiger partial charge on any atom is 0.327 e. The van der Waals surface area contributed by atoms with E-state index < -0.39 is 33.7 Å². The normalized spacial score (nSPS) is 11.7. The van der Waals surface area contributed by atoms with Crippen LogP contribution in [0.4, 0.5) is 0 Å². The molecule has 0 saturated carbocycles. The number of rotatable bonds is 18. The average molecular weight is 506 g/mol. The monoisotopic (exact) mass is 505 g/mol. The Balaban J connectivity index is -0.00000165. The van der Waals surface area contributed by atoms with Crippen LogP contribution in [0, 0.1) is 0 Å². The molecular formula is C23H46NaO8S. The Morgan fingerprint density at radius 3 is 1.52 bits per heavy atom. The largest absolute Gasteiger partial charge is 0.466 e.